The fourth-order valence-electron chi connectivity index (χ4n) is 0.916. The lowest BCUT2D eigenvalue weighted by atomic mass is 10.2. The molecule has 74 valence electrons. The van der Waals surface area contributed by atoms with Gasteiger partial charge in [-0.05, 0) is 12.1 Å². The Balaban J connectivity index is 2.29. The Bertz CT molecular complexity index is 317. The van der Waals surface area contributed by atoms with Gasteiger partial charge in [0.1, 0.15) is 5.75 Å². The average molecular weight is 192 g/mol. The van der Waals surface area contributed by atoms with Gasteiger partial charge in [0.2, 0.25) is 0 Å². The third kappa shape index (κ3) is 3.31. The summed E-state index contributed by atoms with van der Waals surface area (Å²) in [7, 11) is 0. The molecule has 0 unspecified atom stereocenters. The summed E-state index contributed by atoms with van der Waals surface area (Å²) in [5.41, 5.74) is 0.168. The lowest BCUT2D eigenvalue weighted by Gasteiger charge is -2.04. The lowest BCUT2D eigenvalue weighted by Crippen LogP contribution is -2.05. The number of carboxylic acid groups (broad SMARTS) is 1. The number of hydrogen-bond donors (Lipinski definition) is 1. The molecule has 1 aromatic carbocycles. The Hall–Kier alpha value is -1.77. The van der Waals surface area contributed by atoms with Crippen LogP contribution in [0.2, 0.25) is 0 Å². The zero-order chi connectivity index (χ0) is 10.4. The van der Waals surface area contributed by atoms with E-state index in [9.17, 15) is 4.79 Å². The number of ether oxygens (including phenoxy) is 1. The van der Waals surface area contributed by atoms with Gasteiger partial charge in [-0.1, -0.05) is 24.8 Å². The first-order chi connectivity index (χ1) is 6.70. The monoisotopic (exact) mass is 192 g/mol. The van der Waals surface area contributed by atoms with E-state index in [1.165, 1.54) is 0 Å². The van der Waals surface area contributed by atoms with Crippen molar-refractivity contribution >= 4 is 5.97 Å². The Labute approximate surface area is 82.6 Å². The number of benzene rings is 1. The molecule has 0 amide bonds. The minimum atomic E-state index is -0.971. The molecule has 0 heterocycles. The predicted molar refractivity (Wildman–Crippen MR) is 53.3 cm³/mol. The molecular weight excluding hydrogens is 180 g/mol. The Morgan fingerprint density at radius 1 is 1.36 bits per heavy atom. The van der Waals surface area contributed by atoms with E-state index in [1.807, 2.05) is 30.3 Å². The summed E-state index contributed by atoms with van der Waals surface area (Å²) in [5, 5.41) is 8.52. The minimum absolute atomic E-state index is 0.168. The normalized spacial score (nSPS) is 9.43. The number of carboxylic acids is 1. The number of para-hydroxylation sites is 1. The van der Waals surface area contributed by atoms with Gasteiger partial charge in [0.25, 0.3) is 0 Å². The molecule has 0 bridgehead atoms. The maximum Gasteiger partial charge on any atom is 0.331 e. The smallest absolute Gasteiger partial charge is 0.331 e. The molecule has 0 saturated heterocycles. The van der Waals surface area contributed by atoms with Crippen LogP contribution in [0.3, 0.4) is 0 Å². The van der Waals surface area contributed by atoms with E-state index < -0.39 is 5.97 Å². The van der Waals surface area contributed by atoms with Crippen LogP contribution in [0.4, 0.5) is 0 Å². The van der Waals surface area contributed by atoms with Crippen LogP contribution in [-0.2, 0) is 4.79 Å². The summed E-state index contributed by atoms with van der Waals surface area (Å²) >= 11 is 0. The van der Waals surface area contributed by atoms with Crippen molar-refractivity contribution in [2.24, 2.45) is 0 Å². The highest BCUT2D eigenvalue weighted by molar-refractivity contribution is 5.85. The van der Waals surface area contributed by atoms with E-state index in [0.29, 0.717) is 13.0 Å². The molecule has 3 nitrogen and oxygen atoms in total. The van der Waals surface area contributed by atoms with Crippen LogP contribution in [0.25, 0.3) is 0 Å². The largest absolute Gasteiger partial charge is 0.493 e. The van der Waals surface area contributed by atoms with E-state index in [-0.39, 0.29) is 5.57 Å². The fraction of sp³-hybridized carbons (Fsp3) is 0.182. The van der Waals surface area contributed by atoms with Gasteiger partial charge in [0.05, 0.1) is 6.61 Å². The first-order valence-corrected chi connectivity index (χ1v) is 4.29. The summed E-state index contributed by atoms with van der Waals surface area (Å²) in [6.45, 7) is 3.75. The maximum absolute atomic E-state index is 10.4. The zero-order valence-corrected chi connectivity index (χ0v) is 7.77. The van der Waals surface area contributed by atoms with Gasteiger partial charge < -0.3 is 9.84 Å². The van der Waals surface area contributed by atoms with E-state index in [2.05, 4.69) is 6.58 Å². The molecule has 0 saturated carbocycles. The highest BCUT2D eigenvalue weighted by Crippen LogP contribution is 2.09. The topological polar surface area (TPSA) is 46.5 Å². The second kappa shape index (κ2) is 5.07. The maximum atomic E-state index is 10.4. The van der Waals surface area contributed by atoms with Crippen LogP contribution < -0.4 is 4.74 Å². The van der Waals surface area contributed by atoms with Crippen molar-refractivity contribution in [3.8, 4) is 5.75 Å². The van der Waals surface area contributed by atoms with Crippen molar-refractivity contribution in [1.29, 1.82) is 0 Å². The Morgan fingerprint density at radius 2 is 2.00 bits per heavy atom. The average Bonchev–Trinajstić information content (AvgIpc) is 2.19. The third-order valence-corrected chi connectivity index (χ3v) is 1.72. The van der Waals surface area contributed by atoms with E-state index in [0.717, 1.165) is 5.75 Å². The third-order valence-electron chi connectivity index (χ3n) is 1.72. The molecule has 0 radical (unpaired) electrons. The van der Waals surface area contributed by atoms with E-state index in [1.54, 1.807) is 0 Å². The summed E-state index contributed by atoms with van der Waals surface area (Å²) in [6, 6.07) is 9.26. The zero-order valence-electron chi connectivity index (χ0n) is 7.77. The lowest BCUT2D eigenvalue weighted by molar-refractivity contribution is -0.132. The predicted octanol–water partition coefficient (Wildman–Crippen LogP) is 2.10. The molecule has 3 heteroatoms. The van der Waals surface area contributed by atoms with E-state index >= 15 is 0 Å². The first kappa shape index (κ1) is 10.3. The van der Waals surface area contributed by atoms with Crippen LogP contribution in [0, 0.1) is 0 Å². The number of rotatable bonds is 5. The summed E-state index contributed by atoms with van der Waals surface area (Å²) in [6.07, 6.45) is 0.338. The van der Waals surface area contributed by atoms with Crippen LogP contribution in [0.15, 0.2) is 42.5 Å². The van der Waals surface area contributed by atoms with Gasteiger partial charge in [-0.3, -0.25) is 0 Å². The van der Waals surface area contributed by atoms with Crippen molar-refractivity contribution in [3.05, 3.63) is 42.5 Å². The number of hydrogen-bond acceptors (Lipinski definition) is 2. The van der Waals surface area contributed by atoms with Gasteiger partial charge in [0.15, 0.2) is 0 Å². The molecule has 0 aliphatic rings. The molecule has 1 aromatic rings. The molecule has 0 aliphatic heterocycles. The van der Waals surface area contributed by atoms with Crippen molar-refractivity contribution < 1.29 is 14.6 Å². The highest BCUT2D eigenvalue weighted by atomic mass is 16.5. The fourth-order valence-corrected chi connectivity index (χ4v) is 0.916. The van der Waals surface area contributed by atoms with Crippen molar-refractivity contribution in [1.82, 2.24) is 0 Å². The number of aliphatic carboxylic acids is 1. The summed E-state index contributed by atoms with van der Waals surface area (Å²) < 4.78 is 5.30. The van der Waals surface area contributed by atoms with Crippen molar-refractivity contribution in [2.45, 2.75) is 6.42 Å². The van der Waals surface area contributed by atoms with Crippen LogP contribution >= 0.6 is 0 Å². The first-order valence-electron chi connectivity index (χ1n) is 4.29. The molecule has 0 aromatic heterocycles. The van der Waals surface area contributed by atoms with Crippen LogP contribution in [0.1, 0.15) is 6.42 Å². The molecular formula is C11H12O3. The molecule has 1 N–H and O–H groups in total. The molecule has 14 heavy (non-hydrogen) atoms. The van der Waals surface area contributed by atoms with Crippen molar-refractivity contribution in [3.63, 3.8) is 0 Å². The quantitative estimate of drug-likeness (QED) is 0.726. The molecule has 0 spiro atoms. The van der Waals surface area contributed by atoms with Gasteiger partial charge >= 0.3 is 5.97 Å². The Morgan fingerprint density at radius 3 is 2.57 bits per heavy atom. The van der Waals surface area contributed by atoms with Crippen LogP contribution in [0.5, 0.6) is 5.75 Å². The number of carbonyl (C=O) groups is 1. The van der Waals surface area contributed by atoms with Crippen LogP contribution in [-0.4, -0.2) is 17.7 Å². The van der Waals surface area contributed by atoms with Gasteiger partial charge in [0, 0.05) is 12.0 Å². The van der Waals surface area contributed by atoms with E-state index in [4.69, 9.17) is 9.84 Å². The highest BCUT2D eigenvalue weighted by Gasteiger charge is 2.03. The van der Waals surface area contributed by atoms with Gasteiger partial charge in [-0.25, -0.2) is 4.79 Å². The molecule has 0 atom stereocenters. The standard InChI is InChI=1S/C11H12O3/c1-9(11(12)13)7-8-14-10-5-3-2-4-6-10/h2-6H,1,7-8H2,(H,12,13). The summed E-state index contributed by atoms with van der Waals surface area (Å²) in [4.78, 5) is 10.4. The molecule has 1 rings (SSSR count). The van der Waals surface area contributed by atoms with Crippen molar-refractivity contribution in [2.75, 3.05) is 6.61 Å². The van der Waals surface area contributed by atoms with Gasteiger partial charge in [-0.15, -0.1) is 0 Å². The second-order valence-electron chi connectivity index (χ2n) is 2.82. The SMILES string of the molecule is C=C(CCOc1ccccc1)C(=O)O. The Kier molecular flexibility index (Phi) is 3.73. The molecule has 0 fully saturated rings. The molecule has 0 aliphatic carbocycles. The van der Waals surface area contributed by atoms with Gasteiger partial charge in [-0.2, -0.15) is 0 Å². The second-order valence-corrected chi connectivity index (χ2v) is 2.82. The summed E-state index contributed by atoms with van der Waals surface area (Å²) in [5.74, 6) is -0.229. The minimum Gasteiger partial charge on any atom is -0.493 e.